The summed E-state index contributed by atoms with van der Waals surface area (Å²) in [7, 11) is 0. The monoisotopic (exact) mass is 441 g/mol. The number of aromatic nitrogens is 2. The van der Waals surface area contributed by atoms with Gasteiger partial charge in [-0.25, -0.2) is 0 Å². The van der Waals surface area contributed by atoms with Crippen LogP contribution in [0.1, 0.15) is 31.2 Å². The molecule has 0 unspecified atom stereocenters. The van der Waals surface area contributed by atoms with Gasteiger partial charge in [-0.15, -0.1) is 0 Å². The van der Waals surface area contributed by atoms with E-state index in [9.17, 15) is 4.79 Å². The molecule has 0 atom stereocenters. The normalized spacial score (nSPS) is 9.91. The molecule has 0 radical (unpaired) electrons. The second-order valence-electron chi connectivity index (χ2n) is 5.03. The van der Waals surface area contributed by atoms with Gasteiger partial charge in [0.2, 0.25) is 0 Å². The van der Waals surface area contributed by atoms with E-state index >= 15 is 0 Å². The summed E-state index contributed by atoms with van der Waals surface area (Å²) in [6, 6.07) is 7.88. The van der Waals surface area contributed by atoms with Gasteiger partial charge in [0.1, 0.15) is 5.78 Å². The first-order valence-corrected chi connectivity index (χ1v) is 9.00. The molecule has 0 bridgehead atoms. The van der Waals surface area contributed by atoms with Gasteiger partial charge in [0, 0.05) is 45.6 Å². The van der Waals surface area contributed by atoms with Crippen LogP contribution in [-0.2, 0) is 17.6 Å². The zero-order valence-electron chi connectivity index (χ0n) is 13.1. The second kappa shape index (κ2) is 11.4. The lowest BCUT2D eigenvalue weighted by Crippen LogP contribution is -2.03. The first-order chi connectivity index (χ1) is 11.0. The third-order valence-corrected chi connectivity index (χ3v) is 3.88. The van der Waals surface area contributed by atoms with Crippen LogP contribution in [0.15, 0.2) is 45.6 Å². The second-order valence-corrected chi connectivity index (χ2v) is 6.86. The summed E-state index contributed by atoms with van der Waals surface area (Å²) in [6.07, 6.45) is 6.84. The Morgan fingerprint density at radius 1 is 1.00 bits per heavy atom. The predicted molar refractivity (Wildman–Crippen MR) is 100 cm³/mol. The van der Waals surface area contributed by atoms with E-state index in [0.717, 1.165) is 39.6 Å². The molecule has 2 aromatic heterocycles. The van der Waals surface area contributed by atoms with Crippen molar-refractivity contribution >= 4 is 37.6 Å². The number of pyridine rings is 2. The molecule has 0 saturated carbocycles. The lowest BCUT2D eigenvalue weighted by atomic mass is 10.1. The van der Waals surface area contributed by atoms with Crippen LogP contribution in [0.4, 0.5) is 0 Å². The number of ketones is 1. The largest absolute Gasteiger partial charge is 0.330 e. The molecule has 2 heterocycles. The van der Waals surface area contributed by atoms with E-state index in [-0.39, 0.29) is 5.78 Å². The van der Waals surface area contributed by atoms with Crippen molar-refractivity contribution in [2.24, 2.45) is 5.73 Å². The number of hydrogen-bond donors (Lipinski definition) is 1. The molecule has 6 heteroatoms. The highest BCUT2D eigenvalue weighted by molar-refractivity contribution is 9.10. The average Bonchev–Trinajstić information content (AvgIpc) is 2.52. The zero-order chi connectivity index (χ0) is 17.1. The maximum Gasteiger partial charge on any atom is 0.129 e. The number of carbonyl (C=O) groups is 1. The molecule has 4 nitrogen and oxygen atoms in total. The van der Waals surface area contributed by atoms with Gasteiger partial charge in [0.25, 0.3) is 0 Å². The summed E-state index contributed by atoms with van der Waals surface area (Å²) in [5.74, 6) is 0.247. The van der Waals surface area contributed by atoms with Gasteiger partial charge in [0.15, 0.2) is 0 Å². The predicted octanol–water partition coefficient (Wildman–Crippen LogP) is 4.10. The van der Waals surface area contributed by atoms with E-state index in [2.05, 4.69) is 41.8 Å². The van der Waals surface area contributed by atoms with Crippen LogP contribution in [0.25, 0.3) is 0 Å². The van der Waals surface area contributed by atoms with E-state index in [1.165, 1.54) is 0 Å². The SMILES string of the molecule is CC(=O)CCCc1ccc(Br)cn1.NCCc1ccc(Br)cn1. The molecule has 0 aliphatic carbocycles. The zero-order valence-corrected chi connectivity index (χ0v) is 16.3. The van der Waals surface area contributed by atoms with Crippen molar-refractivity contribution in [3.63, 3.8) is 0 Å². The standard InChI is InChI=1S/C10H12BrNO.C7H9BrN2/c1-8(13)3-2-4-10-6-5-9(11)7-12-10;8-6-1-2-7(3-4-9)10-5-6/h5-7H,2-4H2,1H3;1-2,5H,3-4,9H2. The van der Waals surface area contributed by atoms with Crippen molar-refractivity contribution in [3.05, 3.63) is 57.0 Å². The van der Waals surface area contributed by atoms with Crippen molar-refractivity contribution in [1.82, 2.24) is 9.97 Å². The Balaban J connectivity index is 0.000000238. The first-order valence-electron chi connectivity index (χ1n) is 7.41. The molecule has 0 amide bonds. The molecule has 0 aliphatic heterocycles. The van der Waals surface area contributed by atoms with Gasteiger partial charge >= 0.3 is 0 Å². The number of Topliss-reactive ketones (excluding diaryl/α,β-unsaturated/α-hetero) is 1. The van der Waals surface area contributed by atoms with Crippen LogP contribution < -0.4 is 5.73 Å². The molecular weight excluding hydrogens is 422 g/mol. The molecule has 23 heavy (non-hydrogen) atoms. The van der Waals surface area contributed by atoms with Crippen molar-refractivity contribution in [2.75, 3.05) is 6.54 Å². The number of nitrogens with two attached hydrogens (primary N) is 1. The lowest BCUT2D eigenvalue weighted by molar-refractivity contribution is -0.117. The van der Waals surface area contributed by atoms with Crippen LogP contribution in [0.2, 0.25) is 0 Å². The lowest BCUT2D eigenvalue weighted by Gasteiger charge is -1.98. The van der Waals surface area contributed by atoms with Crippen LogP contribution in [-0.4, -0.2) is 22.3 Å². The number of hydrogen-bond acceptors (Lipinski definition) is 4. The fraction of sp³-hybridized carbons (Fsp3) is 0.353. The van der Waals surface area contributed by atoms with E-state index < -0.39 is 0 Å². The Morgan fingerprint density at radius 3 is 1.91 bits per heavy atom. The summed E-state index contributed by atoms with van der Waals surface area (Å²) < 4.78 is 2.00. The van der Waals surface area contributed by atoms with Crippen LogP contribution in [0.3, 0.4) is 0 Å². The number of carbonyl (C=O) groups excluding carboxylic acids is 1. The fourth-order valence-corrected chi connectivity index (χ4v) is 2.24. The summed E-state index contributed by atoms with van der Waals surface area (Å²) >= 11 is 6.62. The minimum Gasteiger partial charge on any atom is -0.330 e. The van der Waals surface area contributed by atoms with Gasteiger partial charge in [-0.05, 0) is 82.4 Å². The Morgan fingerprint density at radius 2 is 1.52 bits per heavy atom. The highest BCUT2D eigenvalue weighted by Crippen LogP contribution is 2.09. The highest BCUT2D eigenvalue weighted by Gasteiger charge is 1.97. The smallest absolute Gasteiger partial charge is 0.129 e. The van der Waals surface area contributed by atoms with Gasteiger partial charge in [0.05, 0.1) is 0 Å². The summed E-state index contributed by atoms with van der Waals surface area (Å²) in [6.45, 7) is 2.28. The fourth-order valence-electron chi connectivity index (χ4n) is 1.77. The van der Waals surface area contributed by atoms with E-state index in [1.807, 2.05) is 24.3 Å². The quantitative estimate of drug-likeness (QED) is 0.730. The molecule has 0 aliphatic rings. The number of halogens is 2. The van der Waals surface area contributed by atoms with Crippen LogP contribution in [0.5, 0.6) is 0 Å². The third-order valence-electron chi connectivity index (χ3n) is 2.94. The molecule has 124 valence electrons. The topological polar surface area (TPSA) is 68.9 Å². The molecule has 0 spiro atoms. The van der Waals surface area contributed by atoms with Crippen LogP contribution in [0, 0.1) is 0 Å². The average molecular weight is 443 g/mol. The third kappa shape index (κ3) is 9.58. The maximum absolute atomic E-state index is 10.7. The Bertz CT molecular complexity index is 586. The number of nitrogens with zero attached hydrogens (tertiary/aromatic N) is 2. The number of aryl methyl sites for hydroxylation is 1. The Labute approximate surface area is 154 Å². The number of rotatable bonds is 6. The molecule has 2 aromatic rings. The van der Waals surface area contributed by atoms with E-state index in [1.54, 1.807) is 19.3 Å². The van der Waals surface area contributed by atoms with Gasteiger partial charge in [-0.3, -0.25) is 9.97 Å². The summed E-state index contributed by atoms with van der Waals surface area (Å²) in [4.78, 5) is 19.0. The highest BCUT2D eigenvalue weighted by atomic mass is 79.9. The van der Waals surface area contributed by atoms with E-state index in [0.29, 0.717) is 13.0 Å². The first kappa shape index (κ1) is 19.9. The molecule has 2 rings (SSSR count). The van der Waals surface area contributed by atoms with Gasteiger partial charge < -0.3 is 10.5 Å². The summed E-state index contributed by atoms with van der Waals surface area (Å²) in [5, 5.41) is 0. The van der Waals surface area contributed by atoms with E-state index in [4.69, 9.17) is 5.73 Å². The molecule has 0 saturated heterocycles. The van der Waals surface area contributed by atoms with Crippen LogP contribution >= 0.6 is 31.9 Å². The van der Waals surface area contributed by atoms with Crippen molar-refractivity contribution < 1.29 is 4.79 Å². The van der Waals surface area contributed by atoms with Crippen molar-refractivity contribution in [2.45, 2.75) is 32.6 Å². The molecular formula is C17H21Br2N3O. The molecule has 0 fully saturated rings. The minimum atomic E-state index is 0.247. The summed E-state index contributed by atoms with van der Waals surface area (Å²) in [5.41, 5.74) is 7.44. The van der Waals surface area contributed by atoms with Crippen molar-refractivity contribution in [3.8, 4) is 0 Å². The molecule has 0 aromatic carbocycles. The van der Waals surface area contributed by atoms with Gasteiger partial charge in [-0.2, -0.15) is 0 Å². The minimum absolute atomic E-state index is 0.247. The Kier molecular flexibility index (Phi) is 9.91. The van der Waals surface area contributed by atoms with Crippen molar-refractivity contribution in [1.29, 1.82) is 0 Å². The molecule has 2 N–H and O–H groups in total. The van der Waals surface area contributed by atoms with Gasteiger partial charge in [-0.1, -0.05) is 0 Å². The Hall–Kier alpha value is -1.11. The maximum atomic E-state index is 10.7.